The van der Waals surface area contributed by atoms with E-state index in [1.54, 1.807) is 12.1 Å². The normalized spacial score (nSPS) is 11.6. The summed E-state index contributed by atoms with van der Waals surface area (Å²) in [5.74, 6) is 0. The van der Waals surface area contributed by atoms with Gasteiger partial charge in [-0.3, -0.25) is 0 Å². The molecule has 0 aliphatic heterocycles. The van der Waals surface area contributed by atoms with Crippen molar-refractivity contribution in [3.8, 4) is 0 Å². The van der Waals surface area contributed by atoms with Crippen LogP contribution in [0, 0.1) is 0 Å². The van der Waals surface area contributed by atoms with Crippen LogP contribution in [0.1, 0.15) is 11.1 Å². The van der Waals surface area contributed by atoms with Crippen molar-refractivity contribution in [1.82, 2.24) is 0 Å². The molecule has 102 valence electrons. The van der Waals surface area contributed by atoms with Crippen LogP contribution in [0.4, 0.5) is 0 Å². The monoisotopic (exact) mass is 342 g/mol. The Morgan fingerprint density at radius 1 is 0.550 bits per heavy atom. The third kappa shape index (κ3) is 4.29. The van der Waals surface area contributed by atoms with Gasteiger partial charge in [0.05, 0.1) is 20.1 Å². The summed E-state index contributed by atoms with van der Waals surface area (Å²) in [7, 11) is 0. The van der Waals surface area contributed by atoms with Crippen LogP contribution in [0.5, 0.6) is 0 Å². The highest BCUT2D eigenvalue weighted by atomic mass is 35.5. The fraction of sp³-hybridized carbons (Fsp3) is 0. The van der Waals surface area contributed by atoms with Crippen molar-refractivity contribution < 1.29 is 0 Å². The van der Waals surface area contributed by atoms with Crippen LogP contribution >= 0.6 is 46.4 Å². The van der Waals surface area contributed by atoms with Crippen molar-refractivity contribution in [3.63, 3.8) is 0 Å². The van der Waals surface area contributed by atoms with Crippen molar-refractivity contribution in [2.24, 2.45) is 0 Å². The molecule has 0 amide bonds. The number of halogens is 4. The fourth-order valence-corrected chi connectivity index (χ4v) is 2.18. The molecule has 0 radical (unpaired) electrons. The molecule has 0 N–H and O–H groups in total. The Labute approximate surface area is 138 Å². The van der Waals surface area contributed by atoms with Gasteiger partial charge in [-0.1, -0.05) is 82.8 Å². The lowest BCUT2D eigenvalue weighted by molar-refractivity contribution is 1.65. The standard InChI is InChI=1S/C16H10Cl4/c17-13-7-5-11(9-15(13)19)3-1-2-4-12-6-8-14(18)16(20)10-12/h1-10H/b3-1-,4-2-. The lowest BCUT2D eigenvalue weighted by atomic mass is 10.2. The van der Waals surface area contributed by atoms with E-state index < -0.39 is 0 Å². The van der Waals surface area contributed by atoms with Gasteiger partial charge in [-0.05, 0) is 35.4 Å². The maximum absolute atomic E-state index is 5.94. The number of benzene rings is 2. The van der Waals surface area contributed by atoms with E-state index in [9.17, 15) is 0 Å². The quantitative estimate of drug-likeness (QED) is 0.525. The van der Waals surface area contributed by atoms with Crippen molar-refractivity contribution in [2.75, 3.05) is 0 Å². The topological polar surface area (TPSA) is 0 Å². The average molecular weight is 344 g/mol. The molecule has 0 fully saturated rings. The van der Waals surface area contributed by atoms with Gasteiger partial charge in [0.25, 0.3) is 0 Å². The van der Waals surface area contributed by atoms with Gasteiger partial charge in [-0.25, -0.2) is 0 Å². The van der Waals surface area contributed by atoms with E-state index in [1.807, 2.05) is 48.6 Å². The minimum absolute atomic E-state index is 0.544. The molecule has 0 nitrogen and oxygen atoms in total. The van der Waals surface area contributed by atoms with Crippen molar-refractivity contribution in [1.29, 1.82) is 0 Å². The highest BCUT2D eigenvalue weighted by molar-refractivity contribution is 6.42. The highest BCUT2D eigenvalue weighted by Gasteiger charge is 1.97. The highest BCUT2D eigenvalue weighted by Crippen LogP contribution is 2.24. The SMILES string of the molecule is Clc1ccc(/C=C\C=C/c2ccc(Cl)c(Cl)c2)cc1Cl. The molecule has 2 aromatic carbocycles. The van der Waals surface area contributed by atoms with Gasteiger partial charge < -0.3 is 0 Å². The van der Waals surface area contributed by atoms with Gasteiger partial charge in [-0.15, -0.1) is 0 Å². The Kier molecular flexibility index (Phi) is 5.56. The molecule has 0 bridgehead atoms. The smallest absolute Gasteiger partial charge is 0.0598 e. The maximum atomic E-state index is 5.94. The van der Waals surface area contributed by atoms with Gasteiger partial charge in [-0.2, -0.15) is 0 Å². The molecule has 0 spiro atoms. The Bertz CT molecular complexity index is 613. The second-order valence-electron chi connectivity index (χ2n) is 4.07. The van der Waals surface area contributed by atoms with E-state index in [0.29, 0.717) is 20.1 Å². The molecule has 4 heteroatoms. The predicted molar refractivity (Wildman–Crippen MR) is 91.0 cm³/mol. The second kappa shape index (κ2) is 7.19. The lowest BCUT2D eigenvalue weighted by Gasteiger charge is -1.97. The molecule has 2 aromatic rings. The first-order valence-corrected chi connectivity index (χ1v) is 7.32. The molecule has 0 unspecified atom stereocenters. The van der Waals surface area contributed by atoms with Crippen molar-refractivity contribution in [2.45, 2.75) is 0 Å². The molecule has 0 heterocycles. The first-order chi connectivity index (χ1) is 9.56. The van der Waals surface area contributed by atoms with Gasteiger partial charge >= 0.3 is 0 Å². The van der Waals surface area contributed by atoms with Crippen molar-refractivity contribution >= 4 is 58.6 Å². The summed E-state index contributed by atoms with van der Waals surface area (Å²) >= 11 is 23.6. The summed E-state index contributed by atoms with van der Waals surface area (Å²) in [6.07, 6.45) is 7.72. The molecule has 0 aromatic heterocycles. The molecule has 0 saturated heterocycles. The third-order valence-corrected chi connectivity index (χ3v) is 4.05. The summed E-state index contributed by atoms with van der Waals surface area (Å²) < 4.78 is 0. The van der Waals surface area contributed by atoms with E-state index >= 15 is 0 Å². The van der Waals surface area contributed by atoms with E-state index in [4.69, 9.17) is 46.4 Å². The van der Waals surface area contributed by atoms with Crippen LogP contribution in [0.25, 0.3) is 12.2 Å². The van der Waals surface area contributed by atoms with Gasteiger partial charge in [0, 0.05) is 0 Å². The third-order valence-electron chi connectivity index (χ3n) is 2.58. The van der Waals surface area contributed by atoms with Crippen LogP contribution in [0.2, 0.25) is 20.1 Å². The zero-order chi connectivity index (χ0) is 14.5. The molecule has 0 atom stereocenters. The summed E-state index contributed by atoms with van der Waals surface area (Å²) in [4.78, 5) is 0. The summed E-state index contributed by atoms with van der Waals surface area (Å²) in [6.45, 7) is 0. The van der Waals surface area contributed by atoms with E-state index in [0.717, 1.165) is 11.1 Å². The zero-order valence-corrected chi connectivity index (χ0v) is 13.3. The summed E-state index contributed by atoms with van der Waals surface area (Å²) in [5.41, 5.74) is 1.97. The minimum atomic E-state index is 0.544. The lowest BCUT2D eigenvalue weighted by Crippen LogP contribution is -1.74. The van der Waals surface area contributed by atoms with Crippen LogP contribution < -0.4 is 0 Å². The van der Waals surface area contributed by atoms with Crippen LogP contribution in [0.15, 0.2) is 48.6 Å². The van der Waals surface area contributed by atoms with Crippen LogP contribution in [-0.4, -0.2) is 0 Å². The molecule has 0 aliphatic carbocycles. The van der Waals surface area contributed by atoms with Gasteiger partial charge in [0.2, 0.25) is 0 Å². The van der Waals surface area contributed by atoms with E-state index in [1.165, 1.54) is 0 Å². The molecule has 2 rings (SSSR count). The number of rotatable bonds is 3. The fourth-order valence-electron chi connectivity index (χ4n) is 1.57. The van der Waals surface area contributed by atoms with Crippen molar-refractivity contribution in [3.05, 3.63) is 79.8 Å². The number of allylic oxidation sites excluding steroid dienone is 2. The molecule has 0 saturated carbocycles. The molecule has 0 aliphatic rings. The first kappa shape index (κ1) is 15.5. The Balaban J connectivity index is 2.06. The minimum Gasteiger partial charge on any atom is -0.0827 e. The van der Waals surface area contributed by atoms with E-state index in [2.05, 4.69) is 0 Å². The maximum Gasteiger partial charge on any atom is 0.0598 e. The number of hydrogen-bond acceptors (Lipinski definition) is 0. The van der Waals surface area contributed by atoms with Gasteiger partial charge in [0.15, 0.2) is 0 Å². The van der Waals surface area contributed by atoms with Crippen LogP contribution in [0.3, 0.4) is 0 Å². The molecule has 20 heavy (non-hydrogen) atoms. The second-order valence-corrected chi connectivity index (χ2v) is 5.69. The van der Waals surface area contributed by atoms with E-state index in [-0.39, 0.29) is 0 Å². The van der Waals surface area contributed by atoms with Gasteiger partial charge in [0.1, 0.15) is 0 Å². The Morgan fingerprint density at radius 3 is 1.30 bits per heavy atom. The Hall–Kier alpha value is -0.920. The zero-order valence-electron chi connectivity index (χ0n) is 10.3. The predicted octanol–water partition coefficient (Wildman–Crippen LogP) is 7.03. The molecular formula is C16H10Cl4. The average Bonchev–Trinajstić information content (AvgIpc) is 2.42. The Morgan fingerprint density at radius 2 is 0.950 bits per heavy atom. The molecular weight excluding hydrogens is 334 g/mol. The van der Waals surface area contributed by atoms with Crippen LogP contribution in [-0.2, 0) is 0 Å². The first-order valence-electron chi connectivity index (χ1n) is 5.81. The summed E-state index contributed by atoms with van der Waals surface area (Å²) in [5, 5.41) is 2.19. The summed E-state index contributed by atoms with van der Waals surface area (Å²) in [6, 6.07) is 11.0. The largest absolute Gasteiger partial charge is 0.0827 e. The number of hydrogen-bond donors (Lipinski definition) is 0.